The molecular weight excluding hydrogens is 284 g/mol. The van der Waals surface area contributed by atoms with E-state index in [-0.39, 0.29) is 4.90 Å². The van der Waals surface area contributed by atoms with E-state index in [4.69, 9.17) is 5.73 Å². The maximum atomic E-state index is 13.5. The molecule has 0 atom stereocenters. The third kappa shape index (κ3) is 3.08. The van der Waals surface area contributed by atoms with Gasteiger partial charge in [-0.2, -0.15) is 0 Å². The Hall–Kier alpha value is -2.08. The fourth-order valence-corrected chi connectivity index (χ4v) is 2.45. The molecule has 0 unspecified atom stereocenters. The van der Waals surface area contributed by atoms with E-state index in [9.17, 15) is 13.6 Å². The van der Waals surface area contributed by atoms with Crippen LogP contribution in [0.3, 0.4) is 0 Å². The fourth-order valence-electron chi connectivity index (χ4n) is 1.56. The van der Waals surface area contributed by atoms with Crippen LogP contribution in [-0.2, 0) is 4.74 Å². The van der Waals surface area contributed by atoms with Gasteiger partial charge in [0.15, 0.2) is 0 Å². The lowest BCUT2D eigenvalue weighted by Gasteiger charge is -2.08. The van der Waals surface area contributed by atoms with Crippen LogP contribution in [0.15, 0.2) is 46.2 Å². The van der Waals surface area contributed by atoms with Gasteiger partial charge in [0.2, 0.25) is 0 Å². The Morgan fingerprint density at radius 2 is 1.90 bits per heavy atom. The molecule has 0 saturated carbocycles. The zero-order valence-corrected chi connectivity index (χ0v) is 11.3. The van der Waals surface area contributed by atoms with E-state index in [0.717, 1.165) is 30.0 Å². The number of benzene rings is 2. The Bertz CT molecular complexity index is 662. The summed E-state index contributed by atoms with van der Waals surface area (Å²) in [6.45, 7) is 0. The van der Waals surface area contributed by atoms with Crippen LogP contribution in [0.25, 0.3) is 0 Å². The number of anilines is 1. The summed E-state index contributed by atoms with van der Waals surface area (Å²) in [6, 6.07) is 7.71. The molecule has 3 nitrogen and oxygen atoms in total. The second kappa shape index (κ2) is 5.92. The standard InChI is InChI=1S/C14H11F2NO2S/c1-19-14(18)8-2-5-12(11(17)6-8)20-13-7-9(15)3-4-10(13)16/h2-7H,17H2,1H3. The van der Waals surface area contributed by atoms with Crippen molar-refractivity contribution in [2.24, 2.45) is 0 Å². The van der Waals surface area contributed by atoms with Crippen molar-refractivity contribution in [3.8, 4) is 0 Å². The maximum Gasteiger partial charge on any atom is 0.337 e. The van der Waals surface area contributed by atoms with Crippen molar-refractivity contribution < 1.29 is 18.3 Å². The van der Waals surface area contributed by atoms with Gasteiger partial charge in [-0.05, 0) is 36.4 Å². The molecule has 0 aliphatic rings. The van der Waals surface area contributed by atoms with Crippen LogP contribution < -0.4 is 5.73 Å². The first-order chi connectivity index (χ1) is 9.51. The van der Waals surface area contributed by atoms with Gasteiger partial charge in [0.05, 0.1) is 17.6 Å². The summed E-state index contributed by atoms with van der Waals surface area (Å²) in [7, 11) is 1.27. The van der Waals surface area contributed by atoms with Gasteiger partial charge >= 0.3 is 5.97 Å². The third-order valence-electron chi connectivity index (χ3n) is 2.54. The van der Waals surface area contributed by atoms with E-state index >= 15 is 0 Å². The van der Waals surface area contributed by atoms with Gasteiger partial charge in [-0.1, -0.05) is 11.8 Å². The molecule has 0 bridgehead atoms. The van der Waals surface area contributed by atoms with Crippen molar-refractivity contribution in [2.45, 2.75) is 9.79 Å². The largest absolute Gasteiger partial charge is 0.465 e. The molecule has 0 fully saturated rings. The zero-order chi connectivity index (χ0) is 14.7. The second-order valence-corrected chi connectivity index (χ2v) is 5.00. The molecule has 20 heavy (non-hydrogen) atoms. The van der Waals surface area contributed by atoms with Crippen molar-refractivity contribution in [1.29, 1.82) is 0 Å². The fraction of sp³-hybridized carbons (Fsp3) is 0.0714. The third-order valence-corrected chi connectivity index (χ3v) is 3.67. The summed E-state index contributed by atoms with van der Waals surface area (Å²) in [6.07, 6.45) is 0. The first-order valence-corrected chi connectivity index (χ1v) is 6.43. The number of methoxy groups -OCH3 is 1. The predicted octanol–water partition coefficient (Wildman–Crippen LogP) is 3.48. The van der Waals surface area contributed by atoms with Gasteiger partial charge in [-0.3, -0.25) is 0 Å². The van der Waals surface area contributed by atoms with Crippen molar-refractivity contribution in [1.82, 2.24) is 0 Å². The van der Waals surface area contributed by atoms with Crippen LogP contribution in [0.4, 0.5) is 14.5 Å². The minimum absolute atomic E-state index is 0.127. The molecule has 0 aliphatic carbocycles. The van der Waals surface area contributed by atoms with Crippen LogP contribution in [0.1, 0.15) is 10.4 Å². The SMILES string of the molecule is COC(=O)c1ccc(Sc2cc(F)ccc2F)c(N)c1. The predicted molar refractivity (Wildman–Crippen MR) is 72.7 cm³/mol. The lowest BCUT2D eigenvalue weighted by Crippen LogP contribution is -2.02. The summed E-state index contributed by atoms with van der Waals surface area (Å²) in [5.74, 6) is -1.57. The quantitative estimate of drug-likeness (QED) is 0.695. The molecule has 2 aromatic carbocycles. The van der Waals surface area contributed by atoms with E-state index in [0.29, 0.717) is 16.1 Å². The van der Waals surface area contributed by atoms with Gasteiger partial charge in [-0.15, -0.1) is 0 Å². The number of halogens is 2. The zero-order valence-electron chi connectivity index (χ0n) is 10.5. The molecule has 0 saturated heterocycles. The molecule has 0 radical (unpaired) electrons. The Labute approximate surface area is 118 Å². The number of nitrogens with two attached hydrogens (primary N) is 1. The minimum Gasteiger partial charge on any atom is -0.465 e. The Balaban J connectivity index is 2.30. The number of hydrogen-bond acceptors (Lipinski definition) is 4. The Kier molecular flexibility index (Phi) is 4.24. The van der Waals surface area contributed by atoms with Gasteiger partial charge in [-0.25, -0.2) is 13.6 Å². The van der Waals surface area contributed by atoms with Crippen molar-refractivity contribution >= 4 is 23.4 Å². The molecule has 0 amide bonds. The summed E-state index contributed by atoms with van der Waals surface area (Å²) >= 11 is 0.991. The number of ether oxygens (including phenoxy) is 1. The van der Waals surface area contributed by atoms with Crippen molar-refractivity contribution in [3.05, 3.63) is 53.6 Å². The van der Waals surface area contributed by atoms with E-state index < -0.39 is 17.6 Å². The van der Waals surface area contributed by atoms with Crippen LogP contribution in [0, 0.1) is 11.6 Å². The molecular formula is C14H11F2NO2S. The Morgan fingerprint density at radius 1 is 1.15 bits per heavy atom. The summed E-state index contributed by atoms with van der Waals surface area (Å²) in [5, 5.41) is 0. The molecule has 2 rings (SSSR count). The molecule has 104 valence electrons. The maximum absolute atomic E-state index is 13.5. The van der Waals surface area contributed by atoms with Crippen LogP contribution in [0.2, 0.25) is 0 Å². The van der Waals surface area contributed by atoms with Crippen LogP contribution in [-0.4, -0.2) is 13.1 Å². The molecule has 0 aliphatic heterocycles. The Morgan fingerprint density at radius 3 is 2.55 bits per heavy atom. The smallest absolute Gasteiger partial charge is 0.337 e. The van der Waals surface area contributed by atoms with E-state index in [1.807, 2.05) is 0 Å². The summed E-state index contributed by atoms with van der Waals surface area (Å²) in [5.41, 5.74) is 6.40. The molecule has 2 N–H and O–H groups in total. The van der Waals surface area contributed by atoms with Crippen LogP contribution >= 0.6 is 11.8 Å². The van der Waals surface area contributed by atoms with Gasteiger partial charge in [0, 0.05) is 10.6 Å². The monoisotopic (exact) mass is 295 g/mol. The normalized spacial score (nSPS) is 10.3. The van der Waals surface area contributed by atoms with Gasteiger partial charge < -0.3 is 10.5 Å². The van der Waals surface area contributed by atoms with Gasteiger partial charge in [0.1, 0.15) is 11.6 Å². The lowest BCUT2D eigenvalue weighted by atomic mass is 10.2. The minimum atomic E-state index is -0.534. The van der Waals surface area contributed by atoms with Gasteiger partial charge in [0.25, 0.3) is 0 Å². The summed E-state index contributed by atoms with van der Waals surface area (Å²) < 4.78 is 31.2. The molecule has 0 spiro atoms. The molecule has 0 heterocycles. The number of carbonyl (C=O) groups excluding carboxylic acids is 1. The first kappa shape index (κ1) is 14.3. The van der Waals surface area contributed by atoms with Crippen molar-refractivity contribution in [3.63, 3.8) is 0 Å². The average molecular weight is 295 g/mol. The second-order valence-electron chi connectivity index (χ2n) is 3.92. The number of hydrogen-bond donors (Lipinski definition) is 1. The average Bonchev–Trinajstić information content (AvgIpc) is 2.44. The van der Waals surface area contributed by atoms with Crippen molar-refractivity contribution in [2.75, 3.05) is 12.8 Å². The molecule has 6 heteroatoms. The molecule has 0 aromatic heterocycles. The molecule has 2 aromatic rings. The first-order valence-electron chi connectivity index (χ1n) is 5.62. The van der Waals surface area contributed by atoms with E-state index in [2.05, 4.69) is 4.74 Å². The number of rotatable bonds is 3. The highest BCUT2D eigenvalue weighted by Crippen LogP contribution is 2.34. The topological polar surface area (TPSA) is 52.3 Å². The highest BCUT2D eigenvalue weighted by atomic mass is 32.2. The van der Waals surface area contributed by atoms with E-state index in [1.165, 1.54) is 19.2 Å². The highest BCUT2D eigenvalue weighted by Gasteiger charge is 2.11. The number of carbonyl (C=O) groups is 1. The number of esters is 1. The number of nitrogen functional groups attached to an aromatic ring is 1. The summed E-state index contributed by atoms with van der Waals surface area (Å²) in [4.78, 5) is 12.0. The van der Waals surface area contributed by atoms with Crippen LogP contribution in [0.5, 0.6) is 0 Å². The van der Waals surface area contributed by atoms with E-state index in [1.54, 1.807) is 6.07 Å². The highest BCUT2D eigenvalue weighted by molar-refractivity contribution is 7.99. The lowest BCUT2D eigenvalue weighted by molar-refractivity contribution is 0.0600.